The first-order chi connectivity index (χ1) is 6.75. The van der Waals surface area contributed by atoms with E-state index < -0.39 is 5.97 Å². The van der Waals surface area contributed by atoms with Crippen LogP contribution >= 0.6 is 23.1 Å². The lowest BCUT2D eigenvalue weighted by Gasteiger charge is -2.01. The normalized spacial score (nSPS) is 21.3. The highest BCUT2D eigenvalue weighted by molar-refractivity contribution is 7.99. The number of nitrogens with zero attached hydrogens (tertiary/aromatic N) is 1. The number of rotatable bonds is 3. The minimum atomic E-state index is -0.805. The van der Waals surface area contributed by atoms with Crippen molar-refractivity contribution < 1.29 is 9.90 Å². The van der Waals surface area contributed by atoms with Gasteiger partial charge in [-0.15, -0.1) is 11.3 Å². The first kappa shape index (κ1) is 9.98. The van der Waals surface area contributed by atoms with Crippen LogP contribution in [0.25, 0.3) is 0 Å². The Morgan fingerprint density at radius 2 is 2.57 bits per heavy atom. The molecule has 2 heterocycles. The van der Waals surface area contributed by atoms with Crippen LogP contribution in [0.15, 0.2) is 5.38 Å². The number of hydrogen-bond acceptors (Lipinski definition) is 4. The summed E-state index contributed by atoms with van der Waals surface area (Å²) in [6, 6.07) is 0. The number of carbonyl (C=O) groups is 1. The van der Waals surface area contributed by atoms with Gasteiger partial charge in [0.2, 0.25) is 0 Å². The van der Waals surface area contributed by atoms with E-state index in [0.29, 0.717) is 10.9 Å². The second-order valence-corrected chi connectivity index (χ2v) is 5.45. The fourth-order valence-corrected chi connectivity index (χ4v) is 3.83. The van der Waals surface area contributed by atoms with Gasteiger partial charge in [0.1, 0.15) is 5.01 Å². The average molecular weight is 229 g/mol. The molecule has 1 aromatic rings. The standard InChI is InChI=1S/C9H11NO2S2/c11-8(12)4-6-5-14-9(10-6)7-2-1-3-13-7/h5,7H,1-4H2,(H,11,12). The number of aliphatic carboxylic acids is 1. The zero-order valence-electron chi connectivity index (χ0n) is 7.60. The molecule has 3 nitrogen and oxygen atoms in total. The second-order valence-electron chi connectivity index (χ2n) is 3.25. The van der Waals surface area contributed by atoms with Crippen LogP contribution in [-0.4, -0.2) is 21.8 Å². The van der Waals surface area contributed by atoms with Gasteiger partial charge in [0.25, 0.3) is 0 Å². The van der Waals surface area contributed by atoms with Crippen molar-refractivity contribution in [3.8, 4) is 0 Å². The molecule has 1 unspecified atom stereocenters. The van der Waals surface area contributed by atoms with E-state index in [1.165, 1.54) is 18.6 Å². The lowest BCUT2D eigenvalue weighted by Crippen LogP contribution is -2.00. The number of aromatic nitrogens is 1. The van der Waals surface area contributed by atoms with Gasteiger partial charge in [0.05, 0.1) is 17.4 Å². The van der Waals surface area contributed by atoms with E-state index in [9.17, 15) is 4.79 Å². The lowest BCUT2D eigenvalue weighted by atomic mass is 10.2. The molecule has 0 bridgehead atoms. The predicted octanol–water partition coefficient (Wildman–Crippen LogP) is 2.34. The van der Waals surface area contributed by atoms with Gasteiger partial charge in [-0.25, -0.2) is 4.98 Å². The molecule has 1 N–H and O–H groups in total. The fourth-order valence-electron chi connectivity index (χ4n) is 1.48. The van der Waals surface area contributed by atoms with Gasteiger partial charge in [-0.05, 0) is 18.6 Å². The highest BCUT2D eigenvalue weighted by Gasteiger charge is 2.20. The first-order valence-corrected chi connectivity index (χ1v) is 6.46. The summed E-state index contributed by atoms with van der Waals surface area (Å²) in [4.78, 5) is 14.8. The predicted molar refractivity (Wildman–Crippen MR) is 57.9 cm³/mol. The van der Waals surface area contributed by atoms with Crippen LogP contribution in [0.3, 0.4) is 0 Å². The van der Waals surface area contributed by atoms with Gasteiger partial charge in [0.15, 0.2) is 0 Å². The zero-order valence-corrected chi connectivity index (χ0v) is 9.24. The first-order valence-electron chi connectivity index (χ1n) is 4.53. The summed E-state index contributed by atoms with van der Waals surface area (Å²) in [6.45, 7) is 0. The summed E-state index contributed by atoms with van der Waals surface area (Å²) in [6.07, 6.45) is 2.49. The van der Waals surface area contributed by atoms with Crippen molar-refractivity contribution >= 4 is 29.1 Å². The second kappa shape index (κ2) is 4.31. The van der Waals surface area contributed by atoms with E-state index in [4.69, 9.17) is 5.11 Å². The molecule has 1 atom stereocenters. The summed E-state index contributed by atoms with van der Waals surface area (Å²) >= 11 is 3.52. The molecule has 76 valence electrons. The monoisotopic (exact) mass is 229 g/mol. The molecule has 1 aromatic heterocycles. The van der Waals surface area contributed by atoms with E-state index in [1.54, 1.807) is 11.3 Å². The summed E-state index contributed by atoms with van der Waals surface area (Å²) < 4.78 is 0. The van der Waals surface area contributed by atoms with Crippen LogP contribution in [0.4, 0.5) is 0 Å². The molecular formula is C9H11NO2S2. The van der Waals surface area contributed by atoms with E-state index in [1.807, 2.05) is 17.1 Å². The molecule has 14 heavy (non-hydrogen) atoms. The Labute approximate surface area is 90.6 Å². The quantitative estimate of drug-likeness (QED) is 0.864. The fraction of sp³-hybridized carbons (Fsp3) is 0.556. The number of carboxylic acid groups (broad SMARTS) is 1. The van der Waals surface area contributed by atoms with Crippen LogP contribution < -0.4 is 0 Å². The van der Waals surface area contributed by atoms with Crippen LogP contribution in [0, 0.1) is 0 Å². The minimum absolute atomic E-state index is 0.0495. The Balaban J connectivity index is 2.05. The molecule has 1 aliphatic heterocycles. The number of hydrogen-bond donors (Lipinski definition) is 1. The van der Waals surface area contributed by atoms with Crippen molar-refractivity contribution in [3.05, 3.63) is 16.1 Å². The Kier molecular flexibility index (Phi) is 3.08. The molecule has 0 saturated carbocycles. The maximum Gasteiger partial charge on any atom is 0.309 e. The van der Waals surface area contributed by atoms with Crippen LogP contribution in [0.1, 0.15) is 28.8 Å². The molecule has 1 aliphatic rings. The molecule has 0 aromatic carbocycles. The molecule has 1 fully saturated rings. The summed E-state index contributed by atoms with van der Waals surface area (Å²) in [5.74, 6) is 0.402. The van der Waals surface area contributed by atoms with Crippen molar-refractivity contribution in [3.63, 3.8) is 0 Å². The molecule has 0 amide bonds. The van der Waals surface area contributed by atoms with E-state index in [2.05, 4.69) is 4.98 Å². The zero-order chi connectivity index (χ0) is 9.97. The van der Waals surface area contributed by atoms with E-state index in [-0.39, 0.29) is 6.42 Å². The van der Waals surface area contributed by atoms with Crippen LogP contribution in [-0.2, 0) is 11.2 Å². The third-order valence-electron chi connectivity index (χ3n) is 2.11. The van der Waals surface area contributed by atoms with E-state index in [0.717, 1.165) is 5.01 Å². The molecule has 5 heteroatoms. The topological polar surface area (TPSA) is 50.2 Å². The summed E-state index contributed by atoms with van der Waals surface area (Å²) in [5.41, 5.74) is 0.699. The molecule has 0 aliphatic carbocycles. The molecule has 1 saturated heterocycles. The van der Waals surface area contributed by atoms with E-state index >= 15 is 0 Å². The van der Waals surface area contributed by atoms with Crippen molar-refractivity contribution in [1.29, 1.82) is 0 Å². The van der Waals surface area contributed by atoms with Gasteiger partial charge in [0, 0.05) is 5.38 Å². The largest absolute Gasteiger partial charge is 0.481 e. The van der Waals surface area contributed by atoms with Gasteiger partial charge in [-0.2, -0.15) is 11.8 Å². The van der Waals surface area contributed by atoms with Gasteiger partial charge in [-0.1, -0.05) is 0 Å². The van der Waals surface area contributed by atoms with Gasteiger partial charge in [-0.3, -0.25) is 4.79 Å². The van der Waals surface area contributed by atoms with Crippen molar-refractivity contribution in [2.75, 3.05) is 5.75 Å². The lowest BCUT2D eigenvalue weighted by molar-refractivity contribution is -0.136. The third kappa shape index (κ3) is 2.27. The highest BCUT2D eigenvalue weighted by atomic mass is 32.2. The van der Waals surface area contributed by atoms with Crippen molar-refractivity contribution in [1.82, 2.24) is 4.98 Å². The number of thioether (sulfide) groups is 1. The highest BCUT2D eigenvalue weighted by Crippen LogP contribution is 2.40. The van der Waals surface area contributed by atoms with Crippen LogP contribution in [0.5, 0.6) is 0 Å². The molecule has 0 radical (unpaired) electrons. The van der Waals surface area contributed by atoms with Crippen LogP contribution in [0.2, 0.25) is 0 Å². The summed E-state index contributed by atoms with van der Waals surface area (Å²) in [7, 11) is 0. The third-order valence-corrected chi connectivity index (χ3v) is 4.65. The Bertz CT molecular complexity index is 331. The van der Waals surface area contributed by atoms with Gasteiger partial charge < -0.3 is 5.11 Å². The molecular weight excluding hydrogens is 218 g/mol. The Hall–Kier alpha value is -0.550. The molecule has 2 rings (SSSR count). The SMILES string of the molecule is O=C(O)Cc1csc(C2CCCS2)n1. The molecule has 0 spiro atoms. The Morgan fingerprint density at radius 1 is 1.71 bits per heavy atom. The number of thiazole rings is 1. The summed E-state index contributed by atoms with van der Waals surface area (Å²) in [5, 5.41) is 12.1. The van der Waals surface area contributed by atoms with Gasteiger partial charge >= 0.3 is 5.97 Å². The minimum Gasteiger partial charge on any atom is -0.481 e. The Morgan fingerprint density at radius 3 is 3.21 bits per heavy atom. The van der Waals surface area contributed by atoms with Crippen molar-refractivity contribution in [2.24, 2.45) is 0 Å². The maximum absolute atomic E-state index is 10.5. The smallest absolute Gasteiger partial charge is 0.309 e. The number of carboxylic acids is 1. The average Bonchev–Trinajstić information content (AvgIpc) is 2.69. The maximum atomic E-state index is 10.5. The van der Waals surface area contributed by atoms with Crippen molar-refractivity contribution in [2.45, 2.75) is 24.5 Å².